The lowest BCUT2D eigenvalue weighted by molar-refractivity contribution is 0.478. The Morgan fingerprint density at radius 2 is 0.625 bits per heavy atom. The van der Waals surface area contributed by atoms with Crippen molar-refractivity contribution in [1.29, 1.82) is 0 Å². The molecule has 40 heavy (non-hydrogen) atoms. The summed E-state index contributed by atoms with van der Waals surface area (Å²) in [5.41, 5.74) is 0. The molecule has 2 N–H and O–H groups in total. The summed E-state index contributed by atoms with van der Waals surface area (Å²) in [7, 11) is 24.3. The average Bonchev–Trinajstić information content (AvgIpc) is 2.84. The number of nitrogens with zero attached hydrogens (tertiary/aromatic N) is 10. The van der Waals surface area contributed by atoms with E-state index in [-0.39, 0.29) is 0 Å². The Morgan fingerprint density at radius 3 is 0.900 bits per heavy atom. The van der Waals surface area contributed by atoms with E-state index in [4.69, 9.17) is 20.0 Å². The van der Waals surface area contributed by atoms with E-state index in [9.17, 15) is 0 Å². The molecule has 234 valence electrons. The van der Waals surface area contributed by atoms with Crippen LogP contribution in [-0.4, -0.2) is 177 Å². The highest BCUT2D eigenvalue weighted by Crippen LogP contribution is 1.97. The molecule has 0 aromatic rings. The largest absolute Gasteiger partial charge is 0.356 e. The number of aliphatic imine (C=N–C) groups is 4. The standard InChI is InChI=1S/C28H62N12/c1-35(2)26(36(3)4)32-22-16-13-19-29-25(30-20-14-17-23-33-27(37(5)6)38(7)8)31-21-15-18-24-34-28(39(9)10)40(11)12/h13-24H2,1-12H3,(H2,29,30,31). The number of rotatable bonds is 15. The molecule has 0 aliphatic carbocycles. The smallest absolute Gasteiger partial charge is 0.195 e. The second-order valence-corrected chi connectivity index (χ2v) is 11.1. The first kappa shape index (κ1) is 37.1. The van der Waals surface area contributed by atoms with Crippen LogP contribution >= 0.6 is 0 Å². The van der Waals surface area contributed by atoms with Gasteiger partial charge in [-0.2, -0.15) is 0 Å². The van der Waals surface area contributed by atoms with Crippen LogP contribution in [0.4, 0.5) is 0 Å². The highest BCUT2D eigenvalue weighted by atomic mass is 15.3. The first-order chi connectivity index (χ1) is 18.9. The van der Waals surface area contributed by atoms with Gasteiger partial charge >= 0.3 is 0 Å². The minimum absolute atomic E-state index is 0.781. The molecular formula is C28H62N12. The zero-order chi connectivity index (χ0) is 30.5. The summed E-state index contributed by atoms with van der Waals surface area (Å²) in [6.07, 6.45) is 6.15. The minimum atomic E-state index is 0.781. The first-order valence-corrected chi connectivity index (χ1v) is 14.6. The van der Waals surface area contributed by atoms with Gasteiger partial charge in [-0.05, 0) is 38.5 Å². The summed E-state index contributed by atoms with van der Waals surface area (Å²) in [4.78, 5) is 31.3. The van der Waals surface area contributed by atoms with E-state index in [2.05, 4.69) is 10.6 Å². The number of hydrogen-bond donors (Lipinski definition) is 2. The summed E-state index contributed by atoms with van der Waals surface area (Å²) < 4.78 is 0. The van der Waals surface area contributed by atoms with Crippen molar-refractivity contribution < 1.29 is 0 Å². The van der Waals surface area contributed by atoms with Crippen molar-refractivity contribution in [2.45, 2.75) is 38.5 Å². The summed E-state index contributed by atoms with van der Waals surface area (Å²) in [6, 6.07) is 0. The molecule has 0 atom stereocenters. The zero-order valence-electron chi connectivity index (χ0n) is 28.0. The monoisotopic (exact) mass is 567 g/mol. The molecule has 0 fully saturated rings. The van der Waals surface area contributed by atoms with E-state index in [1.165, 1.54) is 0 Å². The van der Waals surface area contributed by atoms with Crippen LogP contribution in [0.25, 0.3) is 0 Å². The van der Waals surface area contributed by atoms with Gasteiger partial charge in [-0.25, -0.2) is 0 Å². The predicted molar refractivity (Wildman–Crippen MR) is 175 cm³/mol. The van der Waals surface area contributed by atoms with Gasteiger partial charge in [0.1, 0.15) is 0 Å². The maximum absolute atomic E-state index is 4.84. The number of guanidine groups is 4. The van der Waals surface area contributed by atoms with Crippen LogP contribution in [0, 0.1) is 0 Å². The second-order valence-electron chi connectivity index (χ2n) is 11.1. The van der Waals surface area contributed by atoms with Crippen molar-refractivity contribution in [2.24, 2.45) is 20.0 Å². The first-order valence-electron chi connectivity index (χ1n) is 14.6. The number of unbranched alkanes of at least 4 members (excludes halogenated alkanes) is 3. The van der Waals surface area contributed by atoms with Gasteiger partial charge in [0.2, 0.25) is 0 Å². The predicted octanol–water partition coefficient (Wildman–Crippen LogP) is 1.30. The fraction of sp³-hybridized carbons (Fsp3) is 0.857. The van der Waals surface area contributed by atoms with Crippen LogP contribution in [0.15, 0.2) is 20.0 Å². The lowest BCUT2D eigenvalue weighted by atomic mass is 10.3. The Hall–Kier alpha value is -2.92. The highest BCUT2D eigenvalue weighted by Gasteiger charge is 2.05. The Kier molecular flexibility index (Phi) is 20.3. The molecule has 0 amide bonds. The van der Waals surface area contributed by atoms with Gasteiger partial charge in [0.25, 0.3) is 0 Å². The van der Waals surface area contributed by atoms with E-state index in [1.54, 1.807) is 0 Å². The molecule has 0 spiro atoms. The Balaban J connectivity index is 4.77. The van der Waals surface area contributed by atoms with E-state index in [0.29, 0.717) is 0 Å². The zero-order valence-corrected chi connectivity index (χ0v) is 28.0. The van der Waals surface area contributed by atoms with Crippen LogP contribution in [0.1, 0.15) is 38.5 Å². The van der Waals surface area contributed by atoms with E-state index < -0.39 is 0 Å². The molecule has 12 nitrogen and oxygen atoms in total. The van der Waals surface area contributed by atoms with Crippen molar-refractivity contribution in [2.75, 3.05) is 124 Å². The minimum Gasteiger partial charge on any atom is -0.356 e. The Bertz CT molecular complexity index is 695. The van der Waals surface area contributed by atoms with E-state index in [0.717, 1.165) is 102 Å². The third-order valence-electron chi connectivity index (χ3n) is 5.75. The average molecular weight is 567 g/mol. The normalized spacial score (nSPS) is 10.2. The van der Waals surface area contributed by atoms with Crippen LogP contribution < -0.4 is 10.6 Å². The van der Waals surface area contributed by atoms with Crippen molar-refractivity contribution in [3.8, 4) is 0 Å². The molecule has 0 heterocycles. The van der Waals surface area contributed by atoms with E-state index in [1.807, 2.05) is 114 Å². The SMILES string of the molecule is CN(C)C(=NCCCCN=C(NCCCCN=C(N(C)C)N(C)C)NCCCCN=C(N(C)C)N(C)C)N(C)C. The highest BCUT2D eigenvalue weighted by molar-refractivity contribution is 5.80. The van der Waals surface area contributed by atoms with Crippen molar-refractivity contribution in [3.63, 3.8) is 0 Å². The Labute approximate surface area is 246 Å². The maximum atomic E-state index is 4.84. The van der Waals surface area contributed by atoms with Gasteiger partial charge in [-0.15, -0.1) is 0 Å². The third-order valence-corrected chi connectivity index (χ3v) is 5.75. The summed E-state index contributed by atoms with van der Waals surface area (Å²) in [5.74, 6) is 3.88. The van der Waals surface area contributed by atoms with Gasteiger partial charge in [-0.3, -0.25) is 20.0 Å². The third kappa shape index (κ3) is 17.6. The van der Waals surface area contributed by atoms with Gasteiger partial charge in [0.05, 0.1) is 0 Å². The summed E-state index contributed by atoms with van der Waals surface area (Å²) in [5, 5.41) is 7.04. The molecule has 0 unspecified atom stereocenters. The van der Waals surface area contributed by atoms with Crippen molar-refractivity contribution in [1.82, 2.24) is 40.0 Å². The fourth-order valence-corrected chi connectivity index (χ4v) is 4.06. The van der Waals surface area contributed by atoms with Crippen LogP contribution in [0.5, 0.6) is 0 Å². The van der Waals surface area contributed by atoms with Crippen molar-refractivity contribution in [3.05, 3.63) is 0 Å². The Morgan fingerprint density at radius 1 is 0.375 bits per heavy atom. The molecule has 0 saturated heterocycles. The van der Waals surface area contributed by atoms with Crippen LogP contribution in [0.3, 0.4) is 0 Å². The molecule has 0 saturated carbocycles. The molecular weight excluding hydrogens is 504 g/mol. The van der Waals surface area contributed by atoms with Crippen LogP contribution in [0.2, 0.25) is 0 Å². The number of hydrogen-bond acceptors (Lipinski definition) is 4. The molecule has 0 bridgehead atoms. The summed E-state index contributed by atoms with van der Waals surface area (Å²) >= 11 is 0. The van der Waals surface area contributed by atoms with Crippen LogP contribution in [-0.2, 0) is 0 Å². The topological polar surface area (TPSA) is 92.9 Å². The summed E-state index contributed by atoms with van der Waals surface area (Å²) in [6.45, 7) is 4.97. The van der Waals surface area contributed by atoms with Gasteiger partial charge in [0.15, 0.2) is 23.8 Å². The molecule has 0 rings (SSSR count). The van der Waals surface area contributed by atoms with E-state index >= 15 is 0 Å². The number of nitrogens with one attached hydrogen (secondary N) is 2. The lowest BCUT2D eigenvalue weighted by Gasteiger charge is -2.22. The molecule has 0 aromatic carbocycles. The van der Waals surface area contributed by atoms with Gasteiger partial charge < -0.3 is 40.0 Å². The van der Waals surface area contributed by atoms with Gasteiger partial charge in [-0.1, -0.05) is 0 Å². The molecule has 0 aromatic heterocycles. The second kappa shape index (κ2) is 21.8. The molecule has 0 radical (unpaired) electrons. The molecule has 0 aliphatic heterocycles. The molecule has 12 heteroatoms. The quantitative estimate of drug-likeness (QED) is 0.174. The fourth-order valence-electron chi connectivity index (χ4n) is 4.06. The lowest BCUT2D eigenvalue weighted by Crippen LogP contribution is -2.38. The molecule has 0 aliphatic rings. The van der Waals surface area contributed by atoms with Crippen molar-refractivity contribution >= 4 is 23.8 Å². The van der Waals surface area contributed by atoms with Gasteiger partial charge in [0, 0.05) is 124 Å². The maximum Gasteiger partial charge on any atom is 0.195 e.